The van der Waals surface area contributed by atoms with Crippen LogP contribution >= 0.6 is 11.3 Å². The normalized spacial score (nSPS) is 17.5. The first kappa shape index (κ1) is 16.4. The van der Waals surface area contributed by atoms with E-state index in [-0.39, 0.29) is 0 Å². The lowest BCUT2D eigenvalue weighted by Crippen LogP contribution is -2.36. The highest BCUT2D eigenvalue weighted by Crippen LogP contribution is 2.29. The van der Waals surface area contributed by atoms with Gasteiger partial charge in [-0.05, 0) is 25.0 Å². The molecule has 1 atom stereocenters. The van der Waals surface area contributed by atoms with Crippen LogP contribution in [0.1, 0.15) is 30.3 Å². The van der Waals surface area contributed by atoms with Gasteiger partial charge in [0.05, 0.1) is 35.0 Å². The molecule has 0 unspecified atom stereocenters. The van der Waals surface area contributed by atoms with E-state index in [9.17, 15) is 0 Å². The molecule has 0 spiro atoms. The SMILES string of the molecule is c1ccc2nc(N3CCC[C@H](c4nccn4Cc4cscn4)C3)cnc2c1. The van der Waals surface area contributed by atoms with E-state index in [4.69, 9.17) is 4.98 Å². The van der Waals surface area contributed by atoms with Crippen molar-refractivity contribution in [2.45, 2.75) is 25.3 Å². The van der Waals surface area contributed by atoms with Crippen LogP contribution in [0.25, 0.3) is 11.0 Å². The monoisotopic (exact) mass is 376 g/mol. The minimum absolute atomic E-state index is 0.389. The molecule has 1 aromatic carbocycles. The quantitative estimate of drug-likeness (QED) is 0.543. The second-order valence-corrected chi connectivity index (χ2v) is 7.61. The Morgan fingerprint density at radius 2 is 2.04 bits per heavy atom. The number of piperidine rings is 1. The van der Waals surface area contributed by atoms with Crippen molar-refractivity contribution in [3.8, 4) is 0 Å². The fourth-order valence-corrected chi connectivity index (χ4v) is 4.35. The molecule has 5 rings (SSSR count). The highest BCUT2D eigenvalue weighted by atomic mass is 32.1. The maximum absolute atomic E-state index is 4.83. The molecule has 0 aliphatic carbocycles. The lowest BCUT2D eigenvalue weighted by molar-refractivity contribution is 0.473. The third kappa shape index (κ3) is 3.30. The summed E-state index contributed by atoms with van der Waals surface area (Å²) in [4.78, 5) is 20.8. The van der Waals surface area contributed by atoms with Crippen LogP contribution in [-0.4, -0.2) is 37.6 Å². The van der Waals surface area contributed by atoms with Gasteiger partial charge in [0.15, 0.2) is 0 Å². The first-order chi connectivity index (χ1) is 13.4. The second kappa shape index (κ2) is 7.08. The van der Waals surface area contributed by atoms with Crippen LogP contribution in [0.2, 0.25) is 0 Å². The number of benzene rings is 1. The number of anilines is 1. The number of nitrogens with zero attached hydrogens (tertiary/aromatic N) is 6. The molecule has 3 aromatic heterocycles. The van der Waals surface area contributed by atoms with Crippen molar-refractivity contribution < 1.29 is 0 Å². The number of rotatable bonds is 4. The van der Waals surface area contributed by atoms with Crippen LogP contribution in [0.3, 0.4) is 0 Å². The molecule has 7 heteroatoms. The number of fused-ring (bicyclic) bond motifs is 1. The van der Waals surface area contributed by atoms with E-state index in [1.165, 1.54) is 0 Å². The van der Waals surface area contributed by atoms with E-state index >= 15 is 0 Å². The number of para-hydroxylation sites is 2. The fourth-order valence-electron chi connectivity index (χ4n) is 3.80. The minimum atomic E-state index is 0.389. The van der Waals surface area contributed by atoms with Crippen LogP contribution in [0.4, 0.5) is 5.82 Å². The number of hydrogen-bond donors (Lipinski definition) is 0. The highest BCUT2D eigenvalue weighted by Gasteiger charge is 2.26. The number of imidazole rings is 1. The molecule has 0 bridgehead atoms. The Hall–Kier alpha value is -2.80. The van der Waals surface area contributed by atoms with Gasteiger partial charge in [-0.15, -0.1) is 11.3 Å². The Bertz CT molecular complexity index is 1040. The summed E-state index contributed by atoms with van der Waals surface area (Å²) in [6.07, 6.45) is 8.13. The topological polar surface area (TPSA) is 59.7 Å². The van der Waals surface area contributed by atoms with Gasteiger partial charge in [0.25, 0.3) is 0 Å². The average molecular weight is 376 g/mol. The summed E-state index contributed by atoms with van der Waals surface area (Å²) < 4.78 is 2.23. The Kier molecular flexibility index (Phi) is 4.29. The zero-order valence-corrected chi connectivity index (χ0v) is 15.7. The van der Waals surface area contributed by atoms with Crippen molar-refractivity contribution in [3.05, 3.63) is 65.3 Å². The third-order valence-corrected chi connectivity index (χ3v) is 5.75. The summed E-state index contributed by atoms with van der Waals surface area (Å²) in [5.74, 6) is 2.48. The van der Waals surface area contributed by atoms with Crippen molar-refractivity contribution in [2.24, 2.45) is 0 Å². The van der Waals surface area contributed by atoms with Gasteiger partial charge in [-0.1, -0.05) is 12.1 Å². The summed E-state index contributed by atoms with van der Waals surface area (Å²) in [6.45, 7) is 2.71. The number of hydrogen-bond acceptors (Lipinski definition) is 6. The predicted molar refractivity (Wildman–Crippen MR) is 107 cm³/mol. The van der Waals surface area contributed by atoms with Gasteiger partial charge in [-0.2, -0.15) is 0 Å². The summed E-state index contributed by atoms with van der Waals surface area (Å²) in [7, 11) is 0. The average Bonchev–Trinajstić information content (AvgIpc) is 3.40. The van der Waals surface area contributed by atoms with E-state index in [2.05, 4.69) is 36.0 Å². The van der Waals surface area contributed by atoms with Gasteiger partial charge in [0.1, 0.15) is 11.6 Å². The molecule has 4 aromatic rings. The lowest BCUT2D eigenvalue weighted by atomic mass is 9.97. The van der Waals surface area contributed by atoms with Gasteiger partial charge in [-0.3, -0.25) is 4.98 Å². The largest absolute Gasteiger partial charge is 0.355 e. The van der Waals surface area contributed by atoms with Gasteiger partial charge in [0.2, 0.25) is 0 Å². The molecule has 1 saturated heterocycles. The maximum atomic E-state index is 4.83. The molecule has 6 nitrogen and oxygen atoms in total. The molecule has 1 aliphatic rings. The molecule has 136 valence electrons. The summed E-state index contributed by atoms with van der Waals surface area (Å²) in [5, 5.41) is 2.10. The summed E-state index contributed by atoms with van der Waals surface area (Å²) >= 11 is 1.63. The van der Waals surface area contributed by atoms with Crippen molar-refractivity contribution >= 4 is 28.2 Å². The van der Waals surface area contributed by atoms with E-state index in [1.54, 1.807) is 11.3 Å². The maximum Gasteiger partial charge on any atom is 0.147 e. The number of aromatic nitrogens is 5. The van der Waals surface area contributed by atoms with Crippen LogP contribution in [0.5, 0.6) is 0 Å². The van der Waals surface area contributed by atoms with Crippen LogP contribution in [0.15, 0.2) is 53.7 Å². The third-order valence-electron chi connectivity index (χ3n) is 5.11. The molecule has 0 amide bonds. The minimum Gasteiger partial charge on any atom is -0.355 e. The predicted octanol–water partition coefficient (Wildman–Crippen LogP) is 3.72. The number of thiazole rings is 1. The molecule has 0 saturated carbocycles. The van der Waals surface area contributed by atoms with Crippen LogP contribution < -0.4 is 4.90 Å². The van der Waals surface area contributed by atoms with Crippen LogP contribution in [-0.2, 0) is 6.54 Å². The zero-order valence-electron chi connectivity index (χ0n) is 14.9. The Balaban J connectivity index is 1.38. The van der Waals surface area contributed by atoms with Crippen molar-refractivity contribution in [3.63, 3.8) is 0 Å². The Labute approximate surface area is 161 Å². The van der Waals surface area contributed by atoms with Crippen molar-refractivity contribution in [1.29, 1.82) is 0 Å². The smallest absolute Gasteiger partial charge is 0.147 e. The van der Waals surface area contributed by atoms with Crippen LogP contribution in [0, 0.1) is 0 Å². The van der Waals surface area contributed by atoms with Gasteiger partial charge in [0, 0.05) is 36.8 Å². The van der Waals surface area contributed by atoms with Crippen molar-refractivity contribution in [1.82, 2.24) is 24.5 Å². The van der Waals surface area contributed by atoms with E-state index < -0.39 is 0 Å². The molecule has 0 N–H and O–H groups in total. The standard InChI is InChI=1S/C20H20N6S/c1-2-6-18-17(5-1)22-10-19(24-18)25-8-3-4-15(11-25)20-21-7-9-26(20)12-16-13-27-14-23-16/h1-2,5-7,9-10,13-15H,3-4,8,11-12H2/t15-/m0/s1. The van der Waals surface area contributed by atoms with E-state index in [0.717, 1.165) is 60.8 Å². The van der Waals surface area contributed by atoms with Gasteiger partial charge >= 0.3 is 0 Å². The Morgan fingerprint density at radius 3 is 2.93 bits per heavy atom. The fraction of sp³-hybridized carbons (Fsp3) is 0.300. The molecular weight excluding hydrogens is 356 g/mol. The molecule has 0 radical (unpaired) electrons. The molecule has 1 fully saturated rings. The first-order valence-corrected chi connectivity index (χ1v) is 10.2. The zero-order chi connectivity index (χ0) is 18.1. The van der Waals surface area contributed by atoms with Gasteiger partial charge in [-0.25, -0.2) is 15.0 Å². The van der Waals surface area contributed by atoms with Crippen molar-refractivity contribution in [2.75, 3.05) is 18.0 Å². The van der Waals surface area contributed by atoms with Gasteiger partial charge < -0.3 is 9.47 Å². The van der Waals surface area contributed by atoms with E-state index in [0.29, 0.717) is 5.92 Å². The molecule has 27 heavy (non-hydrogen) atoms. The molecule has 4 heterocycles. The Morgan fingerprint density at radius 1 is 1.11 bits per heavy atom. The summed E-state index contributed by atoms with van der Waals surface area (Å²) in [5.41, 5.74) is 4.86. The second-order valence-electron chi connectivity index (χ2n) is 6.90. The molecule has 1 aliphatic heterocycles. The van der Waals surface area contributed by atoms with E-state index in [1.807, 2.05) is 42.2 Å². The lowest BCUT2D eigenvalue weighted by Gasteiger charge is -2.33. The summed E-state index contributed by atoms with van der Waals surface area (Å²) in [6, 6.07) is 8.03. The molecular formula is C20H20N6S. The first-order valence-electron chi connectivity index (χ1n) is 9.21. The highest BCUT2D eigenvalue weighted by molar-refractivity contribution is 7.07.